The summed E-state index contributed by atoms with van der Waals surface area (Å²) in [5.41, 5.74) is 0. The van der Waals surface area contributed by atoms with Gasteiger partial charge in [0, 0.05) is 7.11 Å². The average Bonchev–Trinajstić information content (AvgIpc) is 2.49. The minimum Gasteiger partial charge on any atom is -0.387 e. The highest BCUT2D eigenvalue weighted by Crippen LogP contribution is 2.29. The molecule has 0 amide bonds. The van der Waals surface area contributed by atoms with Crippen LogP contribution in [0.5, 0.6) is 0 Å². The van der Waals surface area contributed by atoms with Crippen molar-refractivity contribution >= 4 is 0 Å². The van der Waals surface area contributed by atoms with Gasteiger partial charge in [0.2, 0.25) is 0 Å². The highest BCUT2D eigenvalue weighted by molar-refractivity contribution is 4.93. The van der Waals surface area contributed by atoms with E-state index in [4.69, 9.17) is 14.2 Å². The van der Waals surface area contributed by atoms with Crippen molar-refractivity contribution in [1.29, 1.82) is 0 Å². The van der Waals surface area contributed by atoms with Gasteiger partial charge in [0.05, 0.1) is 6.61 Å². The number of hydrogen-bond donors (Lipinski definition) is 2. The number of aliphatic hydroxyl groups excluding tert-OH is 2. The van der Waals surface area contributed by atoms with Crippen LogP contribution in [0.3, 0.4) is 0 Å². The van der Waals surface area contributed by atoms with Crippen molar-refractivity contribution in [2.75, 3.05) is 13.7 Å². The first-order valence-electron chi connectivity index (χ1n) is 3.90. The highest BCUT2D eigenvalue weighted by atomic mass is 16.7. The monoisotopic (exact) mass is 176 g/mol. The Hall–Kier alpha value is -0.200. The minimum absolute atomic E-state index is 0.322. The second-order valence-electron chi connectivity index (χ2n) is 3.06. The van der Waals surface area contributed by atoms with Crippen molar-refractivity contribution in [1.82, 2.24) is 0 Å². The number of aliphatic hydroxyl groups is 2. The molecule has 5 atom stereocenters. The Morgan fingerprint density at radius 2 is 2.08 bits per heavy atom. The largest absolute Gasteiger partial charge is 0.387 e. The predicted octanol–water partition coefficient (Wildman–Crippen LogP) is -1.52. The van der Waals surface area contributed by atoms with Gasteiger partial charge in [-0.2, -0.15) is 0 Å². The van der Waals surface area contributed by atoms with Gasteiger partial charge in [-0.05, 0) is 0 Å². The number of ether oxygens (including phenoxy) is 3. The Morgan fingerprint density at radius 3 is 2.75 bits per heavy atom. The molecule has 2 fully saturated rings. The van der Waals surface area contributed by atoms with Crippen LogP contribution in [0.4, 0.5) is 0 Å². The molecule has 2 heterocycles. The molecule has 0 aromatic heterocycles. The summed E-state index contributed by atoms with van der Waals surface area (Å²) in [5, 5.41) is 18.9. The Kier molecular flexibility index (Phi) is 2.05. The van der Waals surface area contributed by atoms with Crippen molar-refractivity contribution in [3.63, 3.8) is 0 Å². The molecule has 70 valence electrons. The van der Waals surface area contributed by atoms with E-state index in [1.807, 2.05) is 0 Å². The Balaban J connectivity index is 2.14. The third-order valence-corrected chi connectivity index (χ3v) is 2.34. The van der Waals surface area contributed by atoms with Gasteiger partial charge in [0.1, 0.15) is 24.4 Å². The Morgan fingerprint density at radius 1 is 1.33 bits per heavy atom. The highest BCUT2D eigenvalue weighted by Gasteiger charge is 2.49. The molecule has 5 nitrogen and oxygen atoms in total. The molecule has 0 saturated carbocycles. The molecule has 2 rings (SSSR count). The fourth-order valence-corrected chi connectivity index (χ4v) is 1.62. The molecule has 0 radical (unpaired) electrons. The smallest absolute Gasteiger partial charge is 0.187 e. The fraction of sp³-hybridized carbons (Fsp3) is 1.00. The van der Waals surface area contributed by atoms with Crippen LogP contribution in [0.15, 0.2) is 0 Å². The van der Waals surface area contributed by atoms with Crippen LogP contribution in [-0.4, -0.2) is 54.6 Å². The molecule has 2 saturated heterocycles. The maximum Gasteiger partial charge on any atom is 0.187 e. The van der Waals surface area contributed by atoms with E-state index in [9.17, 15) is 10.2 Å². The first kappa shape index (κ1) is 8.40. The van der Waals surface area contributed by atoms with E-state index in [0.717, 1.165) is 0 Å². The molecule has 0 aliphatic carbocycles. The van der Waals surface area contributed by atoms with Gasteiger partial charge in [0.15, 0.2) is 6.29 Å². The summed E-state index contributed by atoms with van der Waals surface area (Å²) >= 11 is 0. The van der Waals surface area contributed by atoms with Crippen molar-refractivity contribution in [3.05, 3.63) is 0 Å². The topological polar surface area (TPSA) is 68.2 Å². The van der Waals surface area contributed by atoms with Crippen LogP contribution >= 0.6 is 0 Å². The molecular weight excluding hydrogens is 164 g/mol. The van der Waals surface area contributed by atoms with Gasteiger partial charge < -0.3 is 24.4 Å². The first-order valence-corrected chi connectivity index (χ1v) is 3.90. The van der Waals surface area contributed by atoms with Gasteiger partial charge >= 0.3 is 0 Å². The molecule has 0 aromatic rings. The van der Waals surface area contributed by atoms with Crippen molar-refractivity contribution in [3.8, 4) is 0 Å². The fourth-order valence-electron chi connectivity index (χ4n) is 1.62. The lowest BCUT2D eigenvalue weighted by Gasteiger charge is -2.34. The summed E-state index contributed by atoms with van der Waals surface area (Å²) < 4.78 is 15.3. The maximum atomic E-state index is 9.48. The lowest BCUT2D eigenvalue weighted by molar-refractivity contribution is -0.236. The van der Waals surface area contributed by atoms with Crippen molar-refractivity contribution < 1.29 is 24.4 Å². The summed E-state index contributed by atoms with van der Waals surface area (Å²) in [5.74, 6) is 0. The van der Waals surface area contributed by atoms with Gasteiger partial charge in [-0.1, -0.05) is 0 Å². The van der Waals surface area contributed by atoms with Gasteiger partial charge in [-0.3, -0.25) is 0 Å². The number of rotatable bonds is 1. The number of hydrogen-bond acceptors (Lipinski definition) is 5. The van der Waals surface area contributed by atoms with E-state index in [2.05, 4.69) is 0 Å². The second kappa shape index (κ2) is 2.93. The summed E-state index contributed by atoms with van der Waals surface area (Å²) in [6.45, 7) is 0.322. The second-order valence-corrected chi connectivity index (χ2v) is 3.06. The van der Waals surface area contributed by atoms with Crippen LogP contribution in [-0.2, 0) is 14.2 Å². The number of fused-ring (bicyclic) bond motifs is 2. The predicted molar refractivity (Wildman–Crippen MR) is 37.4 cm³/mol. The molecule has 0 spiro atoms. The molecular formula is C7H12O5. The molecule has 2 aliphatic rings. The lowest BCUT2D eigenvalue weighted by atomic mass is 10.0. The molecule has 0 unspecified atom stereocenters. The lowest BCUT2D eigenvalue weighted by Crippen LogP contribution is -2.54. The normalized spacial score (nSPS) is 52.8. The van der Waals surface area contributed by atoms with E-state index >= 15 is 0 Å². The van der Waals surface area contributed by atoms with Crippen molar-refractivity contribution in [2.24, 2.45) is 0 Å². The van der Waals surface area contributed by atoms with E-state index < -0.39 is 30.7 Å². The molecule has 2 aliphatic heterocycles. The third kappa shape index (κ3) is 1.06. The third-order valence-electron chi connectivity index (χ3n) is 2.34. The maximum absolute atomic E-state index is 9.48. The number of methoxy groups -OCH3 is 1. The average molecular weight is 176 g/mol. The summed E-state index contributed by atoms with van der Waals surface area (Å²) in [7, 11) is 1.45. The molecule has 12 heavy (non-hydrogen) atoms. The summed E-state index contributed by atoms with van der Waals surface area (Å²) in [6, 6.07) is 0. The summed E-state index contributed by atoms with van der Waals surface area (Å²) in [4.78, 5) is 0. The Bertz CT molecular complexity index is 173. The standard InChI is InChI=1S/C7H12O5/c1-10-6-5(9)4(8)3-2-11-7(6)12-3/h3-9H,2H2,1H3/t3-,4+,5-,6+,7+/m0/s1. The Labute approximate surface area is 69.8 Å². The zero-order chi connectivity index (χ0) is 8.72. The summed E-state index contributed by atoms with van der Waals surface area (Å²) in [6.07, 6.45) is -3.34. The van der Waals surface area contributed by atoms with Crippen LogP contribution in [0.1, 0.15) is 0 Å². The van der Waals surface area contributed by atoms with E-state index in [-0.39, 0.29) is 0 Å². The minimum atomic E-state index is -0.916. The van der Waals surface area contributed by atoms with E-state index in [1.165, 1.54) is 7.11 Å². The van der Waals surface area contributed by atoms with Gasteiger partial charge in [-0.15, -0.1) is 0 Å². The molecule has 2 N–H and O–H groups in total. The SMILES string of the molecule is CO[C@H]1[C@@H]2OC[C@H](O2)[C@@H](O)[C@@H]1O. The van der Waals surface area contributed by atoms with Crippen LogP contribution in [0.2, 0.25) is 0 Å². The van der Waals surface area contributed by atoms with Gasteiger partial charge in [-0.25, -0.2) is 0 Å². The van der Waals surface area contributed by atoms with Crippen molar-refractivity contribution in [2.45, 2.75) is 30.7 Å². The van der Waals surface area contributed by atoms with E-state index in [1.54, 1.807) is 0 Å². The molecule has 0 aromatic carbocycles. The zero-order valence-corrected chi connectivity index (χ0v) is 6.71. The molecule has 2 bridgehead atoms. The quantitative estimate of drug-likeness (QED) is 0.507. The van der Waals surface area contributed by atoms with Crippen LogP contribution < -0.4 is 0 Å². The van der Waals surface area contributed by atoms with Crippen LogP contribution in [0, 0.1) is 0 Å². The first-order chi connectivity index (χ1) is 5.74. The molecule has 5 heteroatoms. The van der Waals surface area contributed by atoms with Gasteiger partial charge in [0.25, 0.3) is 0 Å². The van der Waals surface area contributed by atoms with E-state index in [0.29, 0.717) is 6.61 Å². The zero-order valence-electron chi connectivity index (χ0n) is 6.71. The van der Waals surface area contributed by atoms with Crippen LogP contribution in [0.25, 0.3) is 0 Å².